The first-order valence-electron chi connectivity index (χ1n) is 7.02. The zero-order valence-electron chi connectivity index (χ0n) is 12.1. The molecular weight excluding hydrogens is 296 g/mol. The van der Waals surface area contributed by atoms with Gasteiger partial charge in [-0.1, -0.05) is 6.07 Å². The van der Waals surface area contributed by atoms with Crippen LogP contribution in [0.3, 0.4) is 0 Å². The van der Waals surface area contributed by atoms with Gasteiger partial charge in [0.25, 0.3) is 0 Å². The number of carboxylic acid groups (broad SMARTS) is 1. The third kappa shape index (κ3) is 3.52. The zero-order chi connectivity index (χ0) is 16.1. The van der Waals surface area contributed by atoms with Crippen LogP contribution in [-0.2, 0) is 6.42 Å². The van der Waals surface area contributed by atoms with Gasteiger partial charge in [0, 0.05) is 31.1 Å². The molecule has 0 spiro atoms. The Morgan fingerprint density at radius 2 is 2.13 bits per heavy atom. The van der Waals surface area contributed by atoms with Crippen molar-refractivity contribution in [3.05, 3.63) is 60.2 Å². The van der Waals surface area contributed by atoms with Gasteiger partial charge in [0.1, 0.15) is 11.3 Å². The second-order valence-electron chi connectivity index (χ2n) is 4.74. The zero-order valence-corrected chi connectivity index (χ0v) is 12.1. The second kappa shape index (κ2) is 6.69. The molecule has 0 aliphatic heterocycles. The largest absolute Gasteiger partial charge is 0.478 e. The van der Waals surface area contributed by atoms with E-state index in [4.69, 9.17) is 4.42 Å². The molecule has 0 aliphatic carbocycles. The van der Waals surface area contributed by atoms with Gasteiger partial charge >= 0.3 is 5.97 Å². The van der Waals surface area contributed by atoms with Crippen LogP contribution in [0.5, 0.6) is 0 Å². The number of hydrogen-bond donors (Lipinski definition) is 2. The maximum Gasteiger partial charge on any atom is 0.339 e. The molecule has 0 aliphatic rings. The molecule has 0 radical (unpaired) electrons. The van der Waals surface area contributed by atoms with Gasteiger partial charge in [0.2, 0.25) is 5.95 Å². The highest BCUT2D eigenvalue weighted by atomic mass is 16.4. The van der Waals surface area contributed by atoms with Crippen molar-refractivity contribution in [2.75, 3.05) is 11.9 Å². The minimum absolute atomic E-state index is 0.00442. The summed E-state index contributed by atoms with van der Waals surface area (Å²) in [6.07, 6.45) is 5.19. The van der Waals surface area contributed by atoms with Crippen molar-refractivity contribution in [2.24, 2.45) is 0 Å². The van der Waals surface area contributed by atoms with Gasteiger partial charge in [-0.3, -0.25) is 4.98 Å². The Bertz CT molecular complexity index is 788. The Hall–Kier alpha value is -3.22. The second-order valence-corrected chi connectivity index (χ2v) is 4.74. The molecule has 0 saturated heterocycles. The fraction of sp³-hybridized carbons (Fsp3) is 0.125. The molecule has 7 nitrogen and oxygen atoms in total. The van der Waals surface area contributed by atoms with Gasteiger partial charge in [-0.2, -0.15) is 0 Å². The lowest BCUT2D eigenvalue weighted by Crippen LogP contribution is -2.11. The van der Waals surface area contributed by atoms with Crippen LogP contribution in [0.25, 0.3) is 11.5 Å². The number of furan rings is 1. The predicted molar refractivity (Wildman–Crippen MR) is 83.1 cm³/mol. The molecule has 0 amide bonds. The third-order valence-corrected chi connectivity index (χ3v) is 3.16. The van der Waals surface area contributed by atoms with E-state index in [2.05, 4.69) is 20.3 Å². The summed E-state index contributed by atoms with van der Waals surface area (Å²) in [4.78, 5) is 23.8. The van der Waals surface area contributed by atoms with E-state index < -0.39 is 5.97 Å². The number of carboxylic acids is 1. The number of pyridine rings is 1. The normalized spacial score (nSPS) is 10.4. The summed E-state index contributed by atoms with van der Waals surface area (Å²) in [7, 11) is 0. The summed E-state index contributed by atoms with van der Waals surface area (Å²) in [5.41, 5.74) is 1.20. The third-order valence-electron chi connectivity index (χ3n) is 3.16. The average Bonchev–Trinajstić information content (AvgIpc) is 3.10. The number of aromatic carboxylic acids is 1. The summed E-state index contributed by atoms with van der Waals surface area (Å²) in [5.74, 6) is -0.369. The summed E-state index contributed by atoms with van der Waals surface area (Å²) in [6.45, 7) is 0.584. The first-order valence-corrected chi connectivity index (χ1v) is 7.02. The van der Waals surface area contributed by atoms with E-state index in [1.165, 1.54) is 12.5 Å². The van der Waals surface area contributed by atoms with Crippen molar-refractivity contribution < 1.29 is 14.3 Å². The summed E-state index contributed by atoms with van der Waals surface area (Å²) in [5, 5.41) is 12.3. The molecule has 23 heavy (non-hydrogen) atoms. The Morgan fingerprint density at radius 1 is 1.22 bits per heavy atom. The molecule has 0 bridgehead atoms. The lowest BCUT2D eigenvalue weighted by Gasteiger charge is -2.07. The maximum absolute atomic E-state index is 11.3. The van der Waals surface area contributed by atoms with Crippen molar-refractivity contribution >= 4 is 11.9 Å². The number of carbonyl (C=O) groups is 1. The molecule has 116 valence electrons. The van der Waals surface area contributed by atoms with Crippen LogP contribution in [0.15, 0.2) is 53.4 Å². The van der Waals surface area contributed by atoms with Gasteiger partial charge in [-0.05, 0) is 24.3 Å². The minimum atomic E-state index is -1.10. The van der Waals surface area contributed by atoms with E-state index in [0.29, 0.717) is 24.7 Å². The minimum Gasteiger partial charge on any atom is -0.478 e. The van der Waals surface area contributed by atoms with Crippen LogP contribution in [0.2, 0.25) is 0 Å². The summed E-state index contributed by atoms with van der Waals surface area (Å²) >= 11 is 0. The Balaban J connectivity index is 1.76. The molecule has 3 aromatic heterocycles. The highest BCUT2D eigenvalue weighted by Gasteiger charge is 2.17. The predicted octanol–water partition coefficient (Wildman–Crippen LogP) is 2.48. The smallest absolute Gasteiger partial charge is 0.339 e. The monoisotopic (exact) mass is 310 g/mol. The lowest BCUT2D eigenvalue weighted by molar-refractivity contribution is 0.0696. The van der Waals surface area contributed by atoms with E-state index in [0.717, 1.165) is 5.69 Å². The number of hydrogen-bond acceptors (Lipinski definition) is 6. The molecule has 3 rings (SSSR count). The Morgan fingerprint density at radius 3 is 2.83 bits per heavy atom. The Kier molecular flexibility index (Phi) is 4.28. The molecule has 0 aromatic carbocycles. The highest BCUT2D eigenvalue weighted by Crippen LogP contribution is 2.22. The standard InChI is InChI=1S/C16H14N4O3/c21-15(22)12-10-19-16(20-14(12)13-5-3-9-23-13)18-8-6-11-4-1-2-7-17-11/h1-5,7,9-10H,6,8H2,(H,21,22)(H,18,19,20). The van der Waals surface area contributed by atoms with Crippen molar-refractivity contribution in [3.8, 4) is 11.5 Å². The molecule has 3 aromatic rings. The van der Waals surface area contributed by atoms with Crippen molar-refractivity contribution in [1.29, 1.82) is 0 Å². The van der Waals surface area contributed by atoms with Gasteiger partial charge in [0.05, 0.1) is 6.26 Å². The molecule has 0 atom stereocenters. The van der Waals surface area contributed by atoms with Crippen LogP contribution in [0, 0.1) is 0 Å². The van der Waals surface area contributed by atoms with Gasteiger partial charge < -0.3 is 14.8 Å². The molecule has 0 unspecified atom stereocenters. The molecule has 2 N–H and O–H groups in total. The number of rotatable bonds is 6. The van der Waals surface area contributed by atoms with Crippen molar-refractivity contribution in [2.45, 2.75) is 6.42 Å². The molecule has 7 heteroatoms. The van der Waals surface area contributed by atoms with Crippen LogP contribution >= 0.6 is 0 Å². The Labute approximate surface area is 132 Å². The molecular formula is C16H14N4O3. The SMILES string of the molecule is O=C(O)c1cnc(NCCc2ccccn2)nc1-c1ccco1. The van der Waals surface area contributed by atoms with E-state index in [1.54, 1.807) is 18.3 Å². The van der Waals surface area contributed by atoms with Crippen LogP contribution in [0.1, 0.15) is 16.1 Å². The first-order chi connectivity index (χ1) is 11.2. The van der Waals surface area contributed by atoms with Gasteiger partial charge in [-0.25, -0.2) is 14.8 Å². The maximum atomic E-state index is 11.3. The van der Waals surface area contributed by atoms with Crippen molar-refractivity contribution in [1.82, 2.24) is 15.0 Å². The van der Waals surface area contributed by atoms with Crippen LogP contribution < -0.4 is 5.32 Å². The number of anilines is 1. The molecule has 0 saturated carbocycles. The molecule has 3 heterocycles. The number of aromatic nitrogens is 3. The quantitative estimate of drug-likeness (QED) is 0.721. The summed E-state index contributed by atoms with van der Waals surface area (Å²) in [6, 6.07) is 9.06. The number of nitrogens with zero attached hydrogens (tertiary/aromatic N) is 3. The van der Waals surface area contributed by atoms with E-state index >= 15 is 0 Å². The van der Waals surface area contributed by atoms with E-state index in [9.17, 15) is 9.90 Å². The van der Waals surface area contributed by atoms with E-state index in [1.807, 2.05) is 18.2 Å². The van der Waals surface area contributed by atoms with Gasteiger partial charge in [-0.15, -0.1) is 0 Å². The number of nitrogens with one attached hydrogen (secondary N) is 1. The van der Waals surface area contributed by atoms with E-state index in [-0.39, 0.29) is 11.3 Å². The van der Waals surface area contributed by atoms with Crippen LogP contribution in [-0.4, -0.2) is 32.6 Å². The van der Waals surface area contributed by atoms with Gasteiger partial charge in [0.15, 0.2) is 5.76 Å². The topological polar surface area (TPSA) is 101 Å². The first kappa shape index (κ1) is 14.7. The molecule has 0 fully saturated rings. The average molecular weight is 310 g/mol. The fourth-order valence-electron chi connectivity index (χ4n) is 2.07. The lowest BCUT2D eigenvalue weighted by atomic mass is 10.2. The van der Waals surface area contributed by atoms with Crippen molar-refractivity contribution in [3.63, 3.8) is 0 Å². The summed E-state index contributed by atoms with van der Waals surface area (Å²) < 4.78 is 5.25. The highest BCUT2D eigenvalue weighted by molar-refractivity contribution is 5.93. The fourth-order valence-corrected chi connectivity index (χ4v) is 2.07. The van der Waals surface area contributed by atoms with Crippen LogP contribution in [0.4, 0.5) is 5.95 Å².